The Morgan fingerprint density at radius 2 is 1.93 bits per heavy atom. The highest BCUT2D eigenvalue weighted by atomic mass is 16.5. The highest BCUT2D eigenvalue weighted by Gasteiger charge is 1.97. The quantitative estimate of drug-likeness (QED) is 0.686. The van der Waals surface area contributed by atoms with E-state index >= 15 is 0 Å². The van der Waals surface area contributed by atoms with Gasteiger partial charge in [-0.2, -0.15) is 5.26 Å². The third kappa shape index (κ3) is 3.36. The Hall–Kier alpha value is -1.69. The third-order valence-corrected chi connectivity index (χ3v) is 1.60. The van der Waals surface area contributed by atoms with E-state index in [4.69, 9.17) is 10.00 Å². The molecule has 3 nitrogen and oxygen atoms in total. The Morgan fingerprint density at radius 3 is 2.43 bits per heavy atom. The van der Waals surface area contributed by atoms with E-state index in [1.807, 2.05) is 38.1 Å². The minimum Gasteiger partial charge on any atom is -0.491 e. The average molecular weight is 191 g/mol. The summed E-state index contributed by atoms with van der Waals surface area (Å²) in [5.41, 5.74) is 0.961. The number of ether oxygens (including phenoxy) is 2. The molecule has 0 aliphatic rings. The molecule has 0 N–H and O–H groups in total. The fourth-order valence-electron chi connectivity index (χ4n) is 1.05. The zero-order chi connectivity index (χ0) is 10.4. The van der Waals surface area contributed by atoms with Crippen LogP contribution in [-0.4, -0.2) is 6.10 Å². The van der Waals surface area contributed by atoms with E-state index < -0.39 is 0 Å². The summed E-state index contributed by atoms with van der Waals surface area (Å²) in [7, 11) is 0. The van der Waals surface area contributed by atoms with Gasteiger partial charge in [-0.3, -0.25) is 0 Å². The summed E-state index contributed by atoms with van der Waals surface area (Å²) in [6.07, 6.45) is 1.81. The maximum absolute atomic E-state index is 8.20. The summed E-state index contributed by atoms with van der Waals surface area (Å²) in [6.45, 7) is 4.28. The van der Waals surface area contributed by atoms with Crippen LogP contribution in [0.5, 0.6) is 5.75 Å². The lowest BCUT2D eigenvalue weighted by atomic mass is 10.2. The number of nitrogens with zero attached hydrogens (tertiary/aromatic N) is 1. The van der Waals surface area contributed by atoms with Crippen LogP contribution in [0.2, 0.25) is 0 Å². The number of nitriles is 1. The van der Waals surface area contributed by atoms with Gasteiger partial charge in [0.25, 0.3) is 6.26 Å². The number of hydrogen-bond donors (Lipinski definition) is 0. The maximum Gasteiger partial charge on any atom is 0.286 e. The van der Waals surface area contributed by atoms with Gasteiger partial charge in [-0.1, -0.05) is 12.1 Å². The monoisotopic (exact) mass is 191 g/mol. The summed E-state index contributed by atoms with van der Waals surface area (Å²) in [4.78, 5) is 0. The summed E-state index contributed by atoms with van der Waals surface area (Å²) >= 11 is 0. The second kappa shape index (κ2) is 5.13. The van der Waals surface area contributed by atoms with E-state index in [0.29, 0.717) is 6.61 Å². The minimum atomic E-state index is 0.177. The van der Waals surface area contributed by atoms with Crippen LogP contribution in [0.1, 0.15) is 19.4 Å². The van der Waals surface area contributed by atoms with Gasteiger partial charge in [0.05, 0.1) is 6.10 Å². The van der Waals surface area contributed by atoms with Gasteiger partial charge in [-0.15, -0.1) is 0 Å². The minimum absolute atomic E-state index is 0.177. The van der Waals surface area contributed by atoms with Crippen LogP contribution in [0.3, 0.4) is 0 Å². The number of rotatable bonds is 4. The Morgan fingerprint density at radius 1 is 1.29 bits per heavy atom. The normalized spacial score (nSPS) is 9.57. The van der Waals surface area contributed by atoms with Crippen LogP contribution >= 0.6 is 0 Å². The molecule has 0 aromatic heterocycles. The summed E-state index contributed by atoms with van der Waals surface area (Å²) in [6, 6.07) is 7.51. The molecule has 1 rings (SSSR count). The van der Waals surface area contributed by atoms with Crippen molar-refractivity contribution in [2.24, 2.45) is 0 Å². The van der Waals surface area contributed by atoms with Crippen molar-refractivity contribution in [1.82, 2.24) is 0 Å². The van der Waals surface area contributed by atoms with Crippen molar-refractivity contribution in [2.75, 3.05) is 0 Å². The van der Waals surface area contributed by atoms with Gasteiger partial charge in [0.1, 0.15) is 12.4 Å². The first-order chi connectivity index (χ1) is 6.72. The number of hydrogen-bond acceptors (Lipinski definition) is 3. The lowest BCUT2D eigenvalue weighted by molar-refractivity contribution is 0.241. The molecule has 0 spiro atoms. The van der Waals surface area contributed by atoms with Crippen molar-refractivity contribution in [2.45, 2.75) is 26.6 Å². The van der Waals surface area contributed by atoms with Crippen LogP contribution in [-0.2, 0) is 11.3 Å². The predicted octanol–water partition coefficient (Wildman–Crippen LogP) is 2.47. The predicted molar refractivity (Wildman–Crippen MR) is 52.6 cm³/mol. The zero-order valence-corrected chi connectivity index (χ0v) is 8.36. The van der Waals surface area contributed by atoms with Gasteiger partial charge in [0, 0.05) is 0 Å². The summed E-state index contributed by atoms with van der Waals surface area (Å²) in [5, 5.41) is 8.20. The molecule has 0 saturated carbocycles. The second-order valence-electron chi connectivity index (χ2n) is 3.19. The van der Waals surface area contributed by atoms with Crippen molar-refractivity contribution in [3.05, 3.63) is 29.8 Å². The van der Waals surface area contributed by atoms with Crippen LogP contribution in [0, 0.1) is 11.5 Å². The Labute approximate surface area is 83.9 Å². The van der Waals surface area contributed by atoms with Crippen molar-refractivity contribution in [3.8, 4) is 12.0 Å². The average Bonchev–Trinajstić information content (AvgIpc) is 2.16. The van der Waals surface area contributed by atoms with Gasteiger partial charge in [0.2, 0.25) is 0 Å². The standard InChI is InChI=1S/C11H13NO2/c1-9(2)14-11-5-3-10(4-6-11)7-13-8-12/h3-6,9H,7H2,1-2H3. The van der Waals surface area contributed by atoms with Crippen LogP contribution in [0.4, 0.5) is 0 Å². The molecule has 0 saturated heterocycles. The van der Waals surface area contributed by atoms with E-state index in [0.717, 1.165) is 11.3 Å². The molecule has 0 amide bonds. The van der Waals surface area contributed by atoms with Crippen LogP contribution in [0.25, 0.3) is 0 Å². The third-order valence-electron chi connectivity index (χ3n) is 1.60. The topological polar surface area (TPSA) is 42.2 Å². The zero-order valence-electron chi connectivity index (χ0n) is 8.36. The first kappa shape index (κ1) is 10.4. The fourth-order valence-corrected chi connectivity index (χ4v) is 1.05. The molecule has 74 valence electrons. The van der Waals surface area contributed by atoms with Crippen molar-refractivity contribution in [1.29, 1.82) is 5.26 Å². The van der Waals surface area contributed by atoms with Gasteiger partial charge >= 0.3 is 0 Å². The van der Waals surface area contributed by atoms with Gasteiger partial charge in [-0.25, -0.2) is 0 Å². The molecular formula is C11H13NO2. The lowest BCUT2D eigenvalue weighted by Crippen LogP contribution is -2.05. The first-order valence-corrected chi connectivity index (χ1v) is 4.49. The van der Waals surface area contributed by atoms with Crippen LogP contribution in [0.15, 0.2) is 24.3 Å². The van der Waals surface area contributed by atoms with Crippen molar-refractivity contribution >= 4 is 0 Å². The van der Waals surface area contributed by atoms with E-state index in [1.165, 1.54) is 0 Å². The van der Waals surface area contributed by atoms with E-state index in [2.05, 4.69) is 4.74 Å². The van der Waals surface area contributed by atoms with E-state index in [9.17, 15) is 0 Å². The fraction of sp³-hybridized carbons (Fsp3) is 0.364. The van der Waals surface area contributed by atoms with Crippen molar-refractivity contribution in [3.63, 3.8) is 0 Å². The number of benzene rings is 1. The van der Waals surface area contributed by atoms with E-state index in [-0.39, 0.29) is 6.10 Å². The van der Waals surface area contributed by atoms with Crippen molar-refractivity contribution < 1.29 is 9.47 Å². The highest BCUT2D eigenvalue weighted by Crippen LogP contribution is 2.14. The van der Waals surface area contributed by atoms with E-state index in [1.54, 1.807) is 6.26 Å². The molecule has 0 bridgehead atoms. The molecule has 0 unspecified atom stereocenters. The first-order valence-electron chi connectivity index (χ1n) is 4.49. The van der Waals surface area contributed by atoms with Gasteiger partial charge in [-0.05, 0) is 31.5 Å². The Kier molecular flexibility index (Phi) is 3.81. The molecule has 0 atom stereocenters. The molecule has 3 heteroatoms. The van der Waals surface area contributed by atoms with Crippen LogP contribution < -0.4 is 4.74 Å². The molecule has 1 aromatic rings. The molecule has 1 aromatic carbocycles. The molecule has 0 fully saturated rings. The SMILES string of the molecule is CC(C)Oc1ccc(COC#N)cc1. The smallest absolute Gasteiger partial charge is 0.286 e. The molecule has 0 aliphatic carbocycles. The molecule has 0 heterocycles. The highest BCUT2D eigenvalue weighted by molar-refractivity contribution is 5.27. The molecular weight excluding hydrogens is 178 g/mol. The molecule has 14 heavy (non-hydrogen) atoms. The molecule has 0 aliphatic heterocycles. The van der Waals surface area contributed by atoms with Gasteiger partial charge in [0.15, 0.2) is 0 Å². The maximum atomic E-state index is 8.20. The Bertz CT molecular complexity index is 311. The molecule has 0 radical (unpaired) electrons. The Balaban J connectivity index is 2.56. The lowest BCUT2D eigenvalue weighted by Gasteiger charge is -2.09. The van der Waals surface area contributed by atoms with Gasteiger partial charge < -0.3 is 9.47 Å². The largest absolute Gasteiger partial charge is 0.491 e. The summed E-state index contributed by atoms with van der Waals surface area (Å²) in [5.74, 6) is 0.834. The second-order valence-corrected chi connectivity index (χ2v) is 3.19. The summed E-state index contributed by atoms with van der Waals surface area (Å²) < 4.78 is 10.1.